The van der Waals surface area contributed by atoms with Crippen molar-refractivity contribution in [2.45, 2.75) is 59.2 Å². The Morgan fingerprint density at radius 2 is 1.69 bits per heavy atom. The second-order valence-corrected chi connectivity index (χ2v) is 9.60. The number of nitrogens with one attached hydrogen (secondary N) is 1. The van der Waals surface area contributed by atoms with Crippen LogP contribution in [-0.4, -0.2) is 35.4 Å². The fourth-order valence-electron chi connectivity index (χ4n) is 3.89. The van der Waals surface area contributed by atoms with E-state index in [0.717, 1.165) is 28.7 Å². The highest BCUT2D eigenvalue weighted by atomic mass is 35.5. The van der Waals surface area contributed by atoms with Gasteiger partial charge in [-0.1, -0.05) is 79.2 Å². The molecular weight excluding hydrogens is 472 g/mol. The summed E-state index contributed by atoms with van der Waals surface area (Å²) >= 11 is 6.47. The van der Waals surface area contributed by atoms with E-state index in [4.69, 9.17) is 16.3 Å². The highest BCUT2D eigenvalue weighted by molar-refractivity contribution is 6.31. The van der Waals surface area contributed by atoms with E-state index in [-0.39, 0.29) is 31.0 Å². The van der Waals surface area contributed by atoms with E-state index < -0.39 is 6.04 Å². The van der Waals surface area contributed by atoms with Crippen LogP contribution >= 0.6 is 11.6 Å². The van der Waals surface area contributed by atoms with E-state index in [1.807, 2.05) is 94.4 Å². The summed E-state index contributed by atoms with van der Waals surface area (Å²) in [7, 11) is 0. The fourth-order valence-corrected chi connectivity index (χ4v) is 4.09. The molecule has 36 heavy (non-hydrogen) atoms. The third kappa shape index (κ3) is 7.59. The lowest BCUT2D eigenvalue weighted by Crippen LogP contribution is -2.53. The summed E-state index contributed by atoms with van der Waals surface area (Å²) in [6.45, 7) is 7.91. The van der Waals surface area contributed by atoms with Crippen LogP contribution in [0.2, 0.25) is 5.02 Å². The Labute approximate surface area is 219 Å². The average molecular weight is 507 g/mol. The summed E-state index contributed by atoms with van der Waals surface area (Å²) in [5.41, 5.74) is 3.73. The molecule has 3 aromatic rings. The number of hydrogen-bond donors (Lipinski definition) is 1. The van der Waals surface area contributed by atoms with Crippen molar-refractivity contribution >= 4 is 23.4 Å². The lowest BCUT2D eigenvalue weighted by molar-refractivity contribution is -0.143. The van der Waals surface area contributed by atoms with Gasteiger partial charge in [-0.25, -0.2) is 0 Å². The van der Waals surface area contributed by atoms with E-state index in [0.29, 0.717) is 17.2 Å². The zero-order valence-electron chi connectivity index (χ0n) is 21.5. The van der Waals surface area contributed by atoms with Crippen molar-refractivity contribution in [2.24, 2.45) is 0 Å². The molecule has 0 saturated carbocycles. The first-order valence-electron chi connectivity index (χ1n) is 12.4. The molecular formula is C30H35ClN2O3. The molecule has 0 heterocycles. The SMILES string of the molecule is CC[C@H](C)NC(=O)[C@@H](Cc1ccccc1)N(Cc1ccccc1Cl)C(=O)COc1cc(C)ccc1C. The standard InChI is InChI=1S/C30H35ClN2O3/c1-5-23(4)32-30(35)27(18-24-11-7-6-8-12-24)33(19-25-13-9-10-14-26(25)31)29(34)20-36-28-17-21(2)15-16-22(28)3/h6-17,23,27H,5,18-20H2,1-4H3,(H,32,35)/t23-,27+/m0/s1. The highest BCUT2D eigenvalue weighted by Gasteiger charge is 2.31. The number of ether oxygens (including phenoxy) is 1. The predicted molar refractivity (Wildman–Crippen MR) is 145 cm³/mol. The summed E-state index contributed by atoms with van der Waals surface area (Å²) in [6, 6.07) is 22.3. The van der Waals surface area contributed by atoms with Gasteiger partial charge in [0.1, 0.15) is 11.8 Å². The number of nitrogens with zero attached hydrogens (tertiary/aromatic N) is 1. The van der Waals surface area contributed by atoms with Gasteiger partial charge in [-0.15, -0.1) is 0 Å². The number of halogens is 1. The Morgan fingerprint density at radius 1 is 1.00 bits per heavy atom. The highest BCUT2D eigenvalue weighted by Crippen LogP contribution is 2.22. The van der Waals surface area contributed by atoms with E-state index in [9.17, 15) is 9.59 Å². The number of carbonyl (C=O) groups excluding carboxylic acids is 2. The first-order chi connectivity index (χ1) is 17.3. The molecule has 1 N–H and O–H groups in total. The van der Waals surface area contributed by atoms with Gasteiger partial charge < -0.3 is 15.0 Å². The van der Waals surface area contributed by atoms with Crippen LogP contribution in [0.3, 0.4) is 0 Å². The quantitative estimate of drug-likeness (QED) is 0.352. The van der Waals surface area contributed by atoms with E-state index in [1.165, 1.54) is 0 Å². The van der Waals surface area contributed by atoms with Crippen LogP contribution in [-0.2, 0) is 22.6 Å². The van der Waals surface area contributed by atoms with Crippen molar-refractivity contribution in [1.82, 2.24) is 10.2 Å². The fraction of sp³-hybridized carbons (Fsp3) is 0.333. The lowest BCUT2D eigenvalue weighted by Gasteiger charge is -2.32. The van der Waals surface area contributed by atoms with Crippen LogP contribution in [0.5, 0.6) is 5.75 Å². The molecule has 0 aliphatic rings. The van der Waals surface area contributed by atoms with Crippen molar-refractivity contribution in [1.29, 1.82) is 0 Å². The first-order valence-corrected chi connectivity index (χ1v) is 12.7. The van der Waals surface area contributed by atoms with Crippen molar-refractivity contribution < 1.29 is 14.3 Å². The van der Waals surface area contributed by atoms with Crippen molar-refractivity contribution in [2.75, 3.05) is 6.61 Å². The smallest absolute Gasteiger partial charge is 0.261 e. The van der Waals surface area contributed by atoms with Gasteiger partial charge in [0.25, 0.3) is 5.91 Å². The Kier molecular flexibility index (Phi) is 9.95. The molecule has 6 heteroatoms. The molecule has 0 aliphatic carbocycles. The second kappa shape index (κ2) is 13.1. The first kappa shape index (κ1) is 27.3. The molecule has 0 unspecified atom stereocenters. The molecule has 0 spiro atoms. The maximum Gasteiger partial charge on any atom is 0.261 e. The molecule has 190 valence electrons. The molecule has 2 amide bonds. The number of hydrogen-bond acceptors (Lipinski definition) is 3. The van der Waals surface area contributed by atoms with Gasteiger partial charge in [-0.2, -0.15) is 0 Å². The lowest BCUT2D eigenvalue weighted by atomic mass is 10.0. The summed E-state index contributed by atoms with van der Waals surface area (Å²) in [5.74, 6) is 0.182. The Bertz CT molecular complexity index is 1170. The molecule has 3 aromatic carbocycles. The normalized spacial score (nSPS) is 12.5. The number of benzene rings is 3. The predicted octanol–water partition coefficient (Wildman–Crippen LogP) is 5.89. The zero-order chi connectivity index (χ0) is 26.1. The third-order valence-electron chi connectivity index (χ3n) is 6.27. The van der Waals surface area contributed by atoms with Gasteiger partial charge in [0, 0.05) is 24.0 Å². The van der Waals surface area contributed by atoms with Crippen LogP contribution in [0.4, 0.5) is 0 Å². The van der Waals surface area contributed by atoms with Gasteiger partial charge >= 0.3 is 0 Å². The largest absolute Gasteiger partial charge is 0.483 e. The summed E-state index contributed by atoms with van der Waals surface area (Å²) in [6.07, 6.45) is 1.17. The minimum atomic E-state index is -0.729. The van der Waals surface area contributed by atoms with E-state index in [2.05, 4.69) is 5.32 Å². The monoisotopic (exact) mass is 506 g/mol. The molecule has 0 radical (unpaired) electrons. The molecule has 0 bridgehead atoms. The van der Waals surface area contributed by atoms with Gasteiger partial charge in [0.05, 0.1) is 0 Å². The number of aryl methyl sites for hydroxylation is 2. The Hall–Kier alpha value is -3.31. The van der Waals surface area contributed by atoms with Crippen molar-refractivity contribution in [3.05, 3.63) is 100 Å². The van der Waals surface area contributed by atoms with Crippen molar-refractivity contribution in [3.63, 3.8) is 0 Å². The van der Waals surface area contributed by atoms with Crippen LogP contribution in [0.15, 0.2) is 72.8 Å². The van der Waals surface area contributed by atoms with Crippen LogP contribution < -0.4 is 10.1 Å². The number of amides is 2. The van der Waals surface area contributed by atoms with Crippen LogP contribution in [0, 0.1) is 13.8 Å². The topological polar surface area (TPSA) is 58.6 Å². The minimum Gasteiger partial charge on any atom is -0.483 e. The van der Waals surface area contributed by atoms with Crippen LogP contribution in [0.25, 0.3) is 0 Å². The van der Waals surface area contributed by atoms with Crippen LogP contribution in [0.1, 0.15) is 42.5 Å². The third-order valence-corrected chi connectivity index (χ3v) is 6.63. The molecule has 0 fully saturated rings. The minimum absolute atomic E-state index is 0.0146. The zero-order valence-corrected chi connectivity index (χ0v) is 22.2. The summed E-state index contributed by atoms with van der Waals surface area (Å²) < 4.78 is 5.95. The van der Waals surface area contributed by atoms with Gasteiger partial charge in [-0.05, 0) is 61.6 Å². The molecule has 0 aromatic heterocycles. The summed E-state index contributed by atoms with van der Waals surface area (Å²) in [4.78, 5) is 28.8. The van der Waals surface area contributed by atoms with E-state index >= 15 is 0 Å². The maximum absolute atomic E-state index is 13.7. The van der Waals surface area contributed by atoms with Gasteiger partial charge in [0.15, 0.2) is 6.61 Å². The maximum atomic E-state index is 13.7. The van der Waals surface area contributed by atoms with Gasteiger partial charge in [0.2, 0.25) is 5.91 Å². The number of carbonyl (C=O) groups is 2. The van der Waals surface area contributed by atoms with Gasteiger partial charge in [-0.3, -0.25) is 9.59 Å². The molecule has 3 rings (SSSR count). The van der Waals surface area contributed by atoms with Crippen molar-refractivity contribution in [3.8, 4) is 5.75 Å². The Morgan fingerprint density at radius 3 is 2.39 bits per heavy atom. The summed E-state index contributed by atoms with van der Waals surface area (Å²) in [5, 5.41) is 3.62. The molecule has 2 atom stereocenters. The van der Waals surface area contributed by atoms with E-state index in [1.54, 1.807) is 11.0 Å². The second-order valence-electron chi connectivity index (χ2n) is 9.19. The molecule has 5 nitrogen and oxygen atoms in total. The molecule has 0 saturated heterocycles. The average Bonchev–Trinajstić information content (AvgIpc) is 2.87. The molecule has 0 aliphatic heterocycles. The number of rotatable bonds is 11. The Balaban J connectivity index is 1.94.